The predicted octanol–water partition coefficient (Wildman–Crippen LogP) is 4.33. The second kappa shape index (κ2) is 5.90. The minimum Gasteiger partial charge on any atom is -0.477 e. The van der Waals surface area contributed by atoms with Gasteiger partial charge in [-0.05, 0) is 52.2 Å². The molecule has 0 aliphatic heterocycles. The number of aromatic nitrogens is 1. The number of benzene rings is 2. The van der Waals surface area contributed by atoms with Crippen molar-refractivity contribution in [3.63, 3.8) is 0 Å². The van der Waals surface area contributed by atoms with Gasteiger partial charge in [-0.25, -0.2) is 4.79 Å². The third-order valence-electron chi connectivity index (χ3n) is 3.84. The number of nitrogens with zero attached hydrogens (tertiary/aromatic N) is 2. The van der Waals surface area contributed by atoms with Crippen molar-refractivity contribution in [3.05, 3.63) is 69.3 Å². The number of aromatic carboxylic acids is 1. The van der Waals surface area contributed by atoms with Gasteiger partial charge in [0.15, 0.2) is 0 Å². The topological polar surface area (TPSA) is 66.0 Å². The number of hydrogen-bond donors (Lipinski definition) is 1. The molecule has 0 spiro atoms. The fourth-order valence-electron chi connectivity index (χ4n) is 2.82. The summed E-state index contributed by atoms with van der Waals surface area (Å²) < 4.78 is 2.36. The molecule has 1 N–H and O–H groups in total. The maximum absolute atomic E-state index is 11.7. The fourth-order valence-corrected chi connectivity index (χ4v) is 3.71. The second-order valence-corrected chi connectivity index (χ2v) is 6.13. The van der Waals surface area contributed by atoms with Crippen molar-refractivity contribution >= 4 is 32.8 Å². The number of halogens is 1. The van der Waals surface area contributed by atoms with E-state index in [2.05, 4.69) is 22.0 Å². The highest BCUT2D eigenvalue weighted by Gasteiger charge is 2.21. The number of carbonyl (C=O) groups is 1. The molecule has 114 valence electrons. The minimum atomic E-state index is -0.982. The van der Waals surface area contributed by atoms with Crippen LogP contribution >= 0.6 is 15.9 Å². The van der Waals surface area contributed by atoms with Gasteiger partial charge in [-0.1, -0.05) is 24.3 Å². The molecule has 5 heteroatoms. The van der Waals surface area contributed by atoms with Crippen LogP contribution in [0.5, 0.6) is 0 Å². The Kier molecular flexibility index (Phi) is 3.93. The van der Waals surface area contributed by atoms with Gasteiger partial charge >= 0.3 is 5.97 Å². The molecular weight excluding hydrogens is 356 g/mol. The van der Waals surface area contributed by atoms with Crippen LogP contribution in [0.1, 0.15) is 27.2 Å². The summed E-state index contributed by atoms with van der Waals surface area (Å²) in [6, 6.07) is 15.1. The fraction of sp³-hybridized carbons (Fsp3) is 0.111. The number of fused-ring (bicyclic) bond motifs is 1. The molecule has 0 atom stereocenters. The van der Waals surface area contributed by atoms with Gasteiger partial charge in [0.1, 0.15) is 5.69 Å². The Morgan fingerprint density at radius 2 is 2.04 bits per heavy atom. The number of carboxylic acids is 1. The molecule has 0 saturated carbocycles. The van der Waals surface area contributed by atoms with Gasteiger partial charge < -0.3 is 9.67 Å². The summed E-state index contributed by atoms with van der Waals surface area (Å²) in [7, 11) is 0. The lowest BCUT2D eigenvalue weighted by molar-refractivity contribution is 0.0685. The van der Waals surface area contributed by atoms with Gasteiger partial charge in [0.25, 0.3) is 0 Å². The summed E-state index contributed by atoms with van der Waals surface area (Å²) in [5, 5.41) is 19.5. The molecule has 2 aromatic carbocycles. The van der Waals surface area contributed by atoms with E-state index in [1.54, 1.807) is 22.8 Å². The third-order valence-corrected chi connectivity index (χ3v) is 4.61. The molecule has 0 radical (unpaired) electrons. The smallest absolute Gasteiger partial charge is 0.353 e. The zero-order chi connectivity index (χ0) is 16.6. The summed E-state index contributed by atoms with van der Waals surface area (Å²) in [5.74, 6) is -0.982. The normalized spacial score (nSPS) is 10.7. The number of carboxylic acid groups (broad SMARTS) is 1. The molecule has 23 heavy (non-hydrogen) atoms. The molecule has 3 aromatic rings. The molecule has 0 aliphatic carbocycles. The van der Waals surface area contributed by atoms with Crippen molar-refractivity contribution in [3.8, 4) is 6.07 Å². The van der Waals surface area contributed by atoms with Crippen LogP contribution in [0.3, 0.4) is 0 Å². The Morgan fingerprint density at radius 3 is 2.74 bits per heavy atom. The van der Waals surface area contributed by atoms with E-state index in [1.807, 2.05) is 31.2 Å². The maximum atomic E-state index is 11.7. The van der Waals surface area contributed by atoms with Gasteiger partial charge in [-0.2, -0.15) is 5.26 Å². The average molecular weight is 369 g/mol. The van der Waals surface area contributed by atoms with Crippen LogP contribution in [0, 0.1) is 18.3 Å². The summed E-state index contributed by atoms with van der Waals surface area (Å²) in [6.45, 7) is 2.35. The number of hydrogen-bond acceptors (Lipinski definition) is 2. The molecule has 0 bridgehead atoms. The van der Waals surface area contributed by atoms with Crippen molar-refractivity contribution in [2.24, 2.45) is 0 Å². The lowest BCUT2D eigenvalue weighted by Crippen LogP contribution is -2.10. The highest BCUT2D eigenvalue weighted by molar-refractivity contribution is 9.10. The zero-order valence-electron chi connectivity index (χ0n) is 12.4. The first-order valence-electron chi connectivity index (χ1n) is 7.02. The highest BCUT2D eigenvalue weighted by Crippen LogP contribution is 2.34. The molecular formula is C18H13BrN2O2. The zero-order valence-corrected chi connectivity index (χ0v) is 14.0. The van der Waals surface area contributed by atoms with Gasteiger partial charge in [0.2, 0.25) is 0 Å². The largest absolute Gasteiger partial charge is 0.477 e. The van der Waals surface area contributed by atoms with Crippen molar-refractivity contribution < 1.29 is 9.90 Å². The summed E-state index contributed by atoms with van der Waals surface area (Å²) in [5.41, 5.74) is 3.54. The third kappa shape index (κ3) is 2.62. The molecule has 0 amide bonds. The first kappa shape index (κ1) is 15.3. The van der Waals surface area contributed by atoms with Gasteiger partial charge in [-0.3, -0.25) is 0 Å². The van der Waals surface area contributed by atoms with E-state index in [-0.39, 0.29) is 5.69 Å². The van der Waals surface area contributed by atoms with Crippen molar-refractivity contribution in [1.29, 1.82) is 5.26 Å². The molecule has 3 rings (SSSR count). The Labute approximate surface area is 141 Å². The van der Waals surface area contributed by atoms with Gasteiger partial charge in [0, 0.05) is 11.9 Å². The lowest BCUT2D eigenvalue weighted by atomic mass is 10.1. The first-order valence-corrected chi connectivity index (χ1v) is 7.82. The second-order valence-electron chi connectivity index (χ2n) is 5.34. The van der Waals surface area contributed by atoms with Crippen LogP contribution < -0.4 is 0 Å². The standard InChI is InChI=1S/C18H13BrN2O2/c1-11-4-2-7-14-15(11)16(19)17(18(22)23)21(14)10-13-6-3-5-12(8-13)9-20/h2-8H,10H2,1H3,(H,22,23). The van der Waals surface area contributed by atoms with Crippen molar-refractivity contribution in [2.75, 3.05) is 0 Å². The van der Waals surface area contributed by atoms with E-state index >= 15 is 0 Å². The van der Waals surface area contributed by atoms with E-state index < -0.39 is 5.97 Å². The van der Waals surface area contributed by atoms with E-state index in [9.17, 15) is 9.90 Å². The summed E-state index contributed by atoms with van der Waals surface area (Å²) >= 11 is 3.44. The average Bonchev–Trinajstić information content (AvgIpc) is 2.81. The van der Waals surface area contributed by atoms with Crippen LogP contribution in [0.4, 0.5) is 0 Å². The Bertz CT molecular complexity index is 967. The maximum Gasteiger partial charge on any atom is 0.353 e. The molecule has 1 aromatic heterocycles. The van der Waals surface area contributed by atoms with Crippen LogP contribution in [-0.4, -0.2) is 15.6 Å². The lowest BCUT2D eigenvalue weighted by Gasteiger charge is -2.09. The highest BCUT2D eigenvalue weighted by atomic mass is 79.9. The van der Waals surface area contributed by atoms with Crippen LogP contribution in [-0.2, 0) is 6.54 Å². The predicted molar refractivity (Wildman–Crippen MR) is 91.6 cm³/mol. The Hall–Kier alpha value is -2.58. The molecule has 0 fully saturated rings. The van der Waals surface area contributed by atoms with Crippen molar-refractivity contribution in [2.45, 2.75) is 13.5 Å². The summed E-state index contributed by atoms with van der Waals surface area (Å²) in [6.07, 6.45) is 0. The van der Waals surface area contributed by atoms with Crippen LogP contribution in [0.15, 0.2) is 46.9 Å². The van der Waals surface area contributed by atoms with E-state index in [1.165, 1.54) is 0 Å². The van der Waals surface area contributed by atoms with Gasteiger partial charge in [-0.15, -0.1) is 0 Å². The van der Waals surface area contributed by atoms with E-state index in [0.717, 1.165) is 22.0 Å². The number of aryl methyl sites for hydroxylation is 1. The molecule has 0 saturated heterocycles. The van der Waals surface area contributed by atoms with E-state index in [0.29, 0.717) is 16.6 Å². The molecule has 4 nitrogen and oxygen atoms in total. The SMILES string of the molecule is Cc1cccc2c1c(Br)c(C(=O)O)n2Cc1cccc(C#N)c1. The number of rotatable bonds is 3. The van der Waals surface area contributed by atoms with Crippen molar-refractivity contribution in [1.82, 2.24) is 4.57 Å². The first-order chi connectivity index (χ1) is 11.0. The molecule has 0 aliphatic rings. The van der Waals surface area contributed by atoms with Crippen LogP contribution in [0.2, 0.25) is 0 Å². The Morgan fingerprint density at radius 1 is 1.30 bits per heavy atom. The minimum absolute atomic E-state index is 0.219. The Balaban J connectivity index is 2.24. The number of nitriles is 1. The summed E-state index contributed by atoms with van der Waals surface area (Å²) in [4.78, 5) is 11.7. The van der Waals surface area contributed by atoms with E-state index in [4.69, 9.17) is 5.26 Å². The molecule has 0 unspecified atom stereocenters. The van der Waals surface area contributed by atoms with Crippen LogP contribution in [0.25, 0.3) is 10.9 Å². The van der Waals surface area contributed by atoms with Gasteiger partial charge in [0.05, 0.1) is 21.6 Å². The quantitative estimate of drug-likeness (QED) is 0.747. The monoisotopic (exact) mass is 368 g/mol. The molecule has 1 heterocycles.